The summed E-state index contributed by atoms with van der Waals surface area (Å²) in [6.07, 6.45) is 1.19. The van der Waals surface area contributed by atoms with Crippen molar-refractivity contribution in [3.8, 4) is 0 Å². The van der Waals surface area contributed by atoms with Crippen molar-refractivity contribution in [2.24, 2.45) is 0 Å². The highest BCUT2D eigenvalue weighted by Gasteiger charge is 2.17. The largest absolute Gasteiger partial charge is 0.440 e. The second-order valence-electron chi connectivity index (χ2n) is 3.38. The minimum atomic E-state index is -0.526. The highest BCUT2D eigenvalue weighted by Crippen LogP contribution is 2.34. The van der Waals surface area contributed by atoms with Gasteiger partial charge >= 0.3 is 5.97 Å². The van der Waals surface area contributed by atoms with E-state index in [0.29, 0.717) is 19.3 Å². The molecular weight excluding hydrogens is 248 g/mol. The lowest BCUT2D eigenvalue weighted by atomic mass is 10.1. The fourth-order valence-electron chi connectivity index (χ4n) is 1.20. The first-order valence-corrected chi connectivity index (χ1v) is 7.05. The molecule has 6 heteroatoms. The molecule has 1 heterocycles. The number of ether oxygens (including phenoxy) is 1. The SMILES string of the molecule is O=C(CCC(O)CCCO)OC1SC=CS1. The molecule has 0 aromatic rings. The molecule has 0 bridgehead atoms. The predicted octanol–water partition coefficient (Wildman–Crippen LogP) is 1.68. The van der Waals surface area contributed by atoms with E-state index in [0.717, 1.165) is 0 Å². The fraction of sp³-hybridized carbons (Fsp3) is 0.700. The summed E-state index contributed by atoms with van der Waals surface area (Å²) in [6.45, 7) is 0.0720. The number of hydrogen-bond donors (Lipinski definition) is 2. The average molecular weight is 264 g/mol. The fourth-order valence-corrected chi connectivity index (χ4v) is 2.94. The Labute approximate surface area is 103 Å². The van der Waals surface area contributed by atoms with Gasteiger partial charge in [-0.25, -0.2) is 0 Å². The van der Waals surface area contributed by atoms with Crippen LogP contribution in [0.5, 0.6) is 0 Å². The van der Waals surface area contributed by atoms with E-state index in [1.165, 1.54) is 23.5 Å². The quantitative estimate of drug-likeness (QED) is 0.682. The molecule has 0 fully saturated rings. The number of aliphatic hydroxyl groups is 2. The van der Waals surface area contributed by atoms with E-state index in [-0.39, 0.29) is 23.8 Å². The van der Waals surface area contributed by atoms with E-state index in [1.54, 1.807) is 0 Å². The van der Waals surface area contributed by atoms with Gasteiger partial charge in [-0.1, -0.05) is 23.5 Å². The van der Waals surface area contributed by atoms with E-state index in [2.05, 4.69) is 0 Å². The number of carbonyl (C=O) groups excluding carboxylic acids is 1. The molecule has 1 aliphatic rings. The first-order chi connectivity index (χ1) is 7.72. The molecule has 1 rings (SSSR count). The molecule has 1 unspecified atom stereocenters. The molecule has 0 amide bonds. The molecule has 2 N–H and O–H groups in total. The summed E-state index contributed by atoms with van der Waals surface area (Å²) >= 11 is 2.93. The molecule has 0 saturated carbocycles. The summed E-state index contributed by atoms with van der Waals surface area (Å²) in [7, 11) is 0. The maximum Gasteiger partial charge on any atom is 0.307 e. The molecule has 4 nitrogen and oxygen atoms in total. The van der Waals surface area contributed by atoms with Crippen molar-refractivity contribution in [3.63, 3.8) is 0 Å². The van der Waals surface area contributed by atoms with E-state index in [1.807, 2.05) is 10.8 Å². The number of thioether (sulfide) groups is 2. The lowest BCUT2D eigenvalue weighted by molar-refractivity contribution is -0.143. The second-order valence-corrected chi connectivity index (χ2v) is 5.62. The van der Waals surface area contributed by atoms with Crippen LogP contribution in [0.1, 0.15) is 25.7 Å². The van der Waals surface area contributed by atoms with E-state index >= 15 is 0 Å². The lowest BCUT2D eigenvalue weighted by Crippen LogP contribution is -2.14. The highest BCUT2D eigenvalue weighted by atomic mass is 32.2. The first kappa shape index (κ1) is 13.9. The third-order valence-corrected chi connectivity index (χ3v) is 4.10. The van der Waals surface area contributed by atoms with E-state index in [4.69, 9.17) is 9.84 Å². The number of carbonyl (C=O) groups is 1. The number of hydrogen-bond acceptors (Lipinski definition) is 6. The standard InChI is InChI=1S/C10H16O4S2/c11-5-1-2-8(12)3-4-9(13)14-10-15-6-7-16-10/h6-8,10-12H,1-5H2. The summed E-state index contributed by atoms with van der Waals surface area (Å²) in [5.74, 6) is -0.281. The van der Waals surface area contributed by atoms with Crippen LogP contribution < -0.4 is 0 Å². The second kappa shape index (κ2) is 8.00. The summed E-state index contributed by atoms with van der Waals surface area (Å²) in [6, 6.07) is 0. The van der Waals surface area contributed by atoms with E-state index < -0.39 is 6.10 Å². The van der Waals surface area contributed by atoms with Crippen LogP contribution in [0.15, 0.2) is 10.8 Å². The Bertz CT molecular complexity index is 237. The molecule has 1 aliphatic heterocycles. The van der Waals surface area contributed by atoms with Gasteiger partial charge in [0, 0.05) is 13.0 Å². The van der Waals surface area contributed by atoms with Crippen molar-refractivity contribution < 1.29 is 19.7 Å². The Morgan fingerprint density at radius 1 is 1.38 bits per heavy atom. The minimum absolute atomic E-state index is 0.0720. The van der Waals surface area contributed by atoms with Crippen LogP contribution >= 0.6 is 23.5 Å². The third-order valence-electron chi connectivity index (χ3n) is 2.04. The molecule has 0 spiro atoms. The summed E-state index contributed by atoms with van der Waals surface area (Å²) < 4.78 is 4.97. The van der Waals surface area contributed by atoms with Crippen LogP contribution in [0, 0.1) is 0 Å². The van der Waals surface area contributed by atoms with Crippen LogP contribution in [0.3, 0.4) is 0 Å². The minimum Gasteiger partial charge on any atom is -0.440 e. The van der Waals surface area contributed by atoms with Crippen molar-refractivity contribution in [2.45, 2.75) is 36.6 Å². The normalized spacial score (nSPS) is 17.6. The molecule has 0 radical (unpaired) electrons. The summed E-state index contributed by atoms with van der Waals surface area (Å²) in [5.41, 5.74) is 0. The average Bonchev–Trinajstić information content (AvgIpc) is 2.76. The molecule has 92 valence electrons. The Morgan fingerprint density at radius 3 is 2.69 bits per heavy atom. The van der Waals surface area contributed by atoms with Crippen molar-refractivity contribution >= 4 is 29.5 Å². The summed E-state index contributed by atoms with van der Waals surface area (Å²) in [5, 5.41) is 21.8. The molecule has 0 aromatic carbocycles. The van der Waals surface area contributed by atoms with Crippen LogP contribution in [-0.4, -0.2) is 33.7 Å². The lowest BCUT2D eigenvalue weighted by Gasteiger charge is -2.12. The van der Waals surface area contributed by atoms with Gasteiger partial charge in [-0.05, 0) is 30.1 Å². The highest BCUT2D eigenvalue weighted by molar-refractivity contribution is 8.22. The van der Waals surface area contributed by atoms with Gasteiger partial charge in [0.1, 0.15) is 0 Å². The van der Waals surface area contributed by atoms with Gasteiger partial charge in [0.15, 0.2) is 0 Å². The number of esters is 1. The first-order valence-electron chi connectivity index (χ1n) is 5.16. The molecule has 16 heavy (non-hydrogen) atoms. The Balaban J connectivity index is 2.05. The smallest absolute Gasteiger partial charge is 0.307 e. The molecule has 1 atom stereocenters. The topological polar surface area (TPSA) is 66.8 Å². The van der Waals surface area contributed by atoms with Gasteiger partial charge in [0.05, 0.1) is 6.10 Å². The van der Waals surface area contributed by atoms with Gasteiger partial charge < -0.3 is 14.9 Å². The van der Waals surface area contributed by atoms with Gasteiger partial charge in [-0.2, -0.15) is 0 Å². The van der Waals surface area contributed by atoms with Crippen LogP contribution in [0.25, 0.3) is 0 Å². The zero-order valence-electron chi connectivity index (χ0n) is 8.87. The van der Waals surface area contributed by atoms with Gasteiger partial charge in [0.2, 0.25) is 4.77 Å². The van der Waals surface area contributed by atoms with Crippen LogP contribution in [0.2, 0.25) is 0 Å². The van der Waals surface area contributed by atoms with Gasteiger partial charge in [0.25, 0.3) is 0 Å². The Kier molecular flexibility index (Phi) is 6.95. The molecule has 0 aromatic heterocycles. The van der Waals surface area contributed by atoms with Crippen LogP contribution in [-0.2, 0) is 9.53 Å². The van der Waals surface area contributed by atoms with E-state index in [9.17, 15) is 9.90 Å². The molecule has 0 aliphatic carbocycles. The number of aliphatic hydroxyl groups excluding tert-OH is 2. The van der Waals surface area contributed by atoms with Gasteiger partial charge in [-0.15, -0.1) is 0 Å². The van der Waals surface area contributed by atoms with Gasteiger partial charge in [-0.3, -0.25) is 4.79 Å². The predicted molar refractivity (Wildman–Crippen MR) is 65.8 cm³/mol. The molecule has 0 saturated heterocycles. The Morgan fingerprint density at radius 2 is 2.06 bits per heavy atom. The third kappa shape index (κ3) is 5.79. The van der Waals surface area contributed by atoms with Crippen molar-refractivity contribution in [3.05, 3.63) is 10.8 Å². The number of rotatable bonds is 7. The maximum absolute atomic E-state index is 11.3. The van der Waals surface area contributed by atoms with Crippen molar-refractivity contribution in [1.82, 2.24) is 0 Å². The zero-order valence-corrected chi connectivity index (χ0v) is 10.5. The van der Waals surface area contributed by atoms with Crippen LogP contribution in [0.4, 0.5) is 0 Å². The van der Waals surface area contributed by atoms with Crippen molar-refractivity contribution in [2.75, 3.05) is 6.61 Å². The zero-order chi connectivity index (χ0) is 11.8. The van der Waals surface area contributed by atoms with Crippen molar-refractivity contribution in [1.29, 1.82) is 0 Å². The Hall–Kier alpha value is -0.170. The summed E-state index contributed by atoms with van der Waals surface area (Å²) in [4.78, 5) is 11.3. The molecular formula is C10H16O4S2. The maximum atomic E-state index is 11.3. The monoisotopic (exact) mass is 264 g/mol.